The fourth-order valence-corrected chi connectivity index (χ4v) is 3.55. The van der Waals surface area contributed by atoms with Gasteiger partial charge in [-0.1, -0.05) is 54.2 Å². The van der Waals surface area contributed by atoms with Crippen LogP contribution in [0.4, 0.5) is 13.2 Å². The topological polar surface area (TPSA) is 54.9 Å². The van der Waals surface area contributed by atoms with E-state index in [1.165, 1.54) is 6.07 Å². The summed E-state index contributed by atoms with van der Waals surface area (Å²) in [5.41, 5.74) is 2.50. The highest BCUT2D eigenvalue weighted by Gasteiger charge is 2.35. The zero-order valence-electron chi connectivity index (χ0n) is 15.1. The maximum atomic E-state index is 13.0. The van der Waals surface area contributed by atoms with E-state index >= 15 is 0 Å². The molecule has 4 nitrogen and oxygen atoms in total. The van der Waals surface area contributed by atoms with E-state index in [9.17, 15) is 18.0 Å². The van der Waals surface area contributed by atoms with Gasteiger partial charge in [0, 0.05) is 11.9 Å². The van der Waals surface area contributed by atoms with Crippen LogP contribution in [0.2, 0.25) is 0 Å². The highest BCUT2D eigenvalue weighted by molar-refractivity contribution is 8.00. The summed E-state index contributed by atoms with van der Waals surface area (Å²) in [5.74, 6) is -1.48. The minimum Gasteiger partial charge on any atom is -0.355 e. The Kier molecular flexibility index (Phi) is 6.18. The van der Waals surface area contributed by atoms with E-state index in [1.807, 2.05) is 31.2 Å². The molecular formula is C20H18F3N3OS. The Morgan fingerprint density at radius 2 is 1.79 bits per heavy atom. The SMILES string of the molecule is Cc1ccccc1CCNC(=O)CSc1nc(C(F)(F)F)nc2ccccc12. The molecule has 2 aromatic carbocycles. The Hall–Kier alpha value is -2.61. The lowest BCUT2D eigenvalue weighted by Crippen LogP contribution is -2.27. The molecule has 28 heavy (non-hydrogen) atoms. The van der Waals surface area contributed by atoms with Crippen molar-refractivity contribution in [2.75, 3.05) is 12.3 Å². The van der Waals surface area contributed by atoms with E-state index in [0.29, 0.717) is 18.4 Å². The molecule has 1 heterocycles. The zero-order valence-corrected chi connectivity index (χ0v) is 15.9. The Morgan fingerprint density at radius 3 is 2.54 bits per heavy atom. The van der Waals surface area contributed by atoms with Crippen LogP contribution >= 0.6 is 11.8 Å². The third-order valence-corrected chi connectivity index (χ3v) is 5.13. The number of rotatable bonds is 6. The summed E-state index contributed by atoms with van der Waals surface area (Å²) in [4.78, 5) is 19.3. The van der Waals surface area contributed by atoms with Gasteiger partial charge >= 0.3 is 6.18 Å². The number of benzene rings is 2. The summed E-state index contributed by atoms with van der Waals surface area (Å²) < 4.78 is 39.1. The van der Waals surface area contributed by atoms with Crippen LogP contribution in [0, 0.1) is 6.92 Å². The van der Waals surface area contributed by atoms with Crippen molar-refractivity contribution in [2.45, 2.75) is 24.5 Å². The van der Waals surface area contributed by atoms with Gasteiger partial charge in [-0.2, -0.15) is 13.2 Å². The quantitative estimate of drug-likeness (QED) is 0.488. The van der Waals surface area contributed by atoms with Crippen molar-refractivity contribution in [1.29, 1.82) is 0 Å². The average molecular weight is 405 g/mol. The number of amides is 1. The number of carbonyl (C=O) groups excluding carboxylic acids is 1. The van der Waals surface area contributed by atoms with Gasteiger partial charge in [0.25, 0.3) is 0 Å². The summed E-state index contributed by atoms with van der Waals surface area (Å²) >= 11 is 0.975. The van der Waals surface area contributed by atoms with Crippen molar-refractivity contribution in [1.82, 2.24) is 15.3 Å². The van der Waals surface area contributed by atoms with E-state index in [-0.39, 0.29) is 22.2 Å². The second-order valence-corrected chi connectivity index (χ2v) is 7.15. The lowest BCUT2D eigenvalue weighted by molar-refractivity contribution is -0.145. The maximum Gasteiger partial charge on any atom is 0.451 e. The predicted octanol–water partition coefficient (Wildman–Crippen LogP) is 4.41. The molecule has 0 aliphatic carbocycles. The lowest BCUT2D eigenvalue weighted by Gasteiger charge is -2.11. The normalized spacial score (nSPS) is 11.6. The molecule has 0 fully saturated rings. The molecule has 3 aromatic rings. The fraction of sp³-hybridized carbons (Fsp3) is 0.250. The Morgan fingerprint density at radius 1 is 1.07 bits per heavy atom. The van der Waals surface area contributed by atoms with Crippen LogP contribution in [0.1, 0.15) is 17.0 Å². The molecule has 1 N–H and O–H groups in total. The number of halogens is 3. The highest BCUT2D eigenvalue weighted by Crippen LogP contribution is 2.31. The summed E-state index contributed by atoms with van der Waals surface area (Å²) in [5, 5.41) is 3.44. The van der Waals surface area contributed by atoms with E-state index in [2.05, 4.69) is 15.3 Å². The lowest BCUT2D eigenvalue weighted by atomic mass is 10.1. The zero-order chi connectivity index (χ0) is 20.1. The van der Waals surface area contributed by atoms with Gasteiger partial charge in [0.15, 0.2) is 0 Å². The number of carbonyl (C=O) groups is 1. The Bertz CT molecular complexity index is 992. The summed E-state index contributed by atoms with van der Waals surface area (Å²) in [6.45, 7) is 2.47. The van der Waals surface area contributed by atoms with Gasteiger partial charge in [0.05, 0.1) is 11.3 Å². The predicted molar refractivity (Wildman–Crippen MR) is 103 cm³/mol. The number of alkyl halides is 3. The first-order valence-corrected chi connectivity index (χ1v) is 9.61. The van der Waals surface area contributed by atoms with Gasteiger partial charge in [-0.15, -0.1) is 0 Å². The van der Waals surface area contributed by atoms with Gasteiger partial charge in [-0.3, -0.25) is 4.79 Å². The van der Waals surface area contributed by atoms with Gasteiger partial charge in [-0.25, -0.2) is 9.97 Å². The van der Waals surface area contributed by atoms with Crippen LogP contribution in [-0.2, 0) is 17.4 Å². The van der Waals surface area contributed by atoms with Crippen molar-refractivity contribution in [3.8, 4) is 0 Å². The first kappa shape index (κ1) is 20.1. The summed E-state index contributed by atoms with van der Waals surface area (Å²) in [6, 6.07) is 14.4. The molecule has 0 spiro atoms. The van der Waals surface area contributed by atoms with Crippen molar-refractivity contribution in [3.63, 3.8) is 0 Å². The monoisotopic (exact) mass is 405 g/mol. The van der Waals surface area contributed by atoms with E-state index in [0.717, 1.165) is 22.9 Å². The van der Waals surface area contributed by atoms with Crippen LogP contribution in [0.5, 0.6) is 0 Å². The van der Waals surface area contributed by atoms with Crippen LogP contribution in [0.25, 0.3) is 10.9 Å². The molecule has 0 saturated carbocycles. The molecule has 0 saturated heterocycles. The first-order chi connectivity index (χ1) is 13.3. The number of aromatic nitrogens is 2. The van der Waals surface area contributed by atoms with Gasteiger partial charge < -0.3 is 5.32 Å². The number of para-hydroxylation sites is 1. The molecule has 0 unspecified atom stereocenters. The summed E-state index contributed by atoms with van der Waals surface area (Å²) in [6.07, 6.45) is -3.95. The number of aryl methyl sites for hydroxylation is 1. The largest absolute Gasteiger partial charge is 0.451 e. The minimum atomic E-state index is -4.64. The second kappa shape index (κ2) is 8.60. The molecule has 0 bridgehead atoms. The maximum absolute atomic E-state index is 13.0. The van der Waals surface area contributed by atoms with Crippen molar-refractivity contribution in [3.05, 3.63) is 65.5 Å². The highest BCUT2D eigenvalue weighted by atomic mass is 32.2. The number of nitrogens with one attached hydrogen (secondary N) is 1. The Balaban J connectivity index is 1.64. The van der Waals surface area contributed by atoms with Crippen LogP contribution in [-0.4, -0.2) is 28.2 Å². The number of thioether (sulfide) groups is 1. The molecule has 0 aliphatic heterocycles. The molecule has 146 valence electrons. The smallest absolute Gasteiger partial charge is 0.355 e. The average Bonchev–Trinajstić information content (AvgIpc) is 2.66. The fourth-order valence-electron chi connectivity index (χ4n) is 2.70. The molecule has 0 atom stereocenters. The third kappa shape index (κ3) is 5.01. The van der Waals surface area contributed by atoms with Crippen molar-refractivity contribution < 1.29 is 18.0 Å². The standard InChI is InChI=1S/C20H18F3N3OS/c1-13-6-2-3-7-14(13)10-11-24-17(27)12-28-18-15-8-4-5-9-16(15)25-19(26-18)20(21,22)23/h2-9H,10-12H2,1H3,(H,24,27). The van der Waals surface area contributed by atoms with E-state index < -0.39 is 12.0 Å². The number of nitrogens with zero attached hydrogens (tertiary/aromatic N) is 2. The molecule has 1 aromatic heterocycles. The van der Waals surface area contributed by atoms with Crippen molar-refractivity contribution >= 4 is 28.6 Å². The second-order valence-electron chi connectivity index (χ2n) is 6.18. The molecule has 0 radical (unpaired) electrons. The molecular weight excluding hydrogens is 387 g/mol. The summed E-state index contributed by atoms with van der Waals surface area (Å²) in [7, 11) is 0. The molecule has 8 heteroatoms. The van der Waals surface area contributed by atoms with Gasteiger partial charge in [0.2, 0.25) is 11.7 Å². The molecule has 3 rings (SSSR count). The van der Waals surface area contributed by atoms with Crippen molar-refractivity contribution in [2.24, 2.45) is 0 Å². The number of hydrogen-bond donors (Lipinski definition) is 1. The van der Waals surface area contributed by atoms with Crippen LogP contribution in [0.3, 0.4) is 0 Å². The first-order valence-electron chi connectivity index (χ1n) is 8.62. The number of hydrogen-bond acceptors (Lipinski definition) is 4. The van der Waals surface area contributed by atoms with E-state index in [4.69, 9.17) is 0 Å². The van der Waals surface area contributed by atoms with Gasteiger partial charge in [0.1, 0.15) is 5.03 Å². The Labute approximate surface area is 164 Å². The number of fused-ring (bicyclic) bond motifs is 1. The van der Waals surface area contributed by atoms with E-state index in [1.54, 1.807) is 18.2 Å². The van der Waals surface area contributed by atoms with Crippen LogP contribution in [0.15, 0.2) is 53.6 Å². The molecule has 0 aliphatic rings. The van der Waals surface area contributed by atoms with Crippen LogP contribution < -0.4 is 5.32 Å². The minimum absolute atomic E-state index is 0.0217. The third-order valence-electron chi connectivity index (χ3n) is 4.14. The van der Waals surface area contributed by atoms with Gasteiger partial charge in [-0.05, 0) is 30.5 Å². The molecule has 1 amide bonds.